The first-order valence-electron chi connectivity index (χ1n) is 9.16. The van der Waals surface area contributed by atoms with E-state index in [1.54, 1.807) is 24.3 Å². The summed E-state index contributed by atoms with van der Waals surface area (Å²) < 4.78 is 37.3. The average Bonchev–Trinajstić information content (AvgIpc) is 2.64. The number of hydrogen-bond acceptors (Lipinski definition) is 5. The van der Waals surface area contributed by atoms with Gasteiger partial charge in [0.05, 0.1) is 38.3 Å². The molecule has 0 atom stereocenters. The Morgan fingerprint density at radius 3 is 2.07 bits per heavy atom. The van der Waals surface area contributed by atoms with Gasteiger partial charge in [0.1, 0.15) is 0 Å². The molecule has 0 aliphatic heterocycles. The third kappa shape index (κ3) is 6.03. The Hall–Kier alpha value is -2.45. The smallest absolute Gasteiger partial charge is 0.253 e. The maximum atomic E-state index is 13.0. The first kappa shape index (κ1) is 23.8. The van der Waals surface area contributed by atoms with Gasteiger partial charge in [0, 0.05) is 16.6 Å². The number of benzene rings is 2. The molecule has 0 saturated heterocycles. The van der Waals surface area contributed by atoms with Crippen LogP contribution in [-0.2, 0) is 16.6 Å². The number of nitrogens with zero attached hydrogens (tertiary/aromatic N) is 1. The standard InChI is InChI=1S/C21H27ClN2O5S/c1-21(2,3)23-20(25)16-11-18(28-4)19(29-5)12-17(16)24(30(6,26)27)13-14-7-9-15(22)10-8-14/h7-12H,13H2,1-6H3,(H,23,25). The molecule has 0 aliphatic rings. The zero-order valence-corrected chi connectivity index (χ0v) is 19.5. The molecule has 0 spiro atoms. The fraction of sp³-hybridized carbons (Fsp3) is 0.381. The molecule has 2 rings (SSSR count). The minimum absolute atomic E-state index is 0.0152. The van der Waals surface area contributed by atoms with Crippen molar-refractivity contribution in [2.45, 2.75) is 32.9 Å². The summed E-state index contributed by atoms with van der Waals surface area (Å²) in [7, 11) is -0.852. The van der Waals surface area contributed by atoms with Crippen LogP contribution in [0.15, 0.2) is 36.4 Å². The van der Waals surface area contributed by atoms with Crippen LogP contribution in [0, 0.1) is 0 Å². The largest absolute Gasteiger partial charge is 0.493 e. The van der Waals surface area contributed by atoms with Gasteiger partial charge in [-0.1, -0.05) is 23.7 Å². The van der Waals surface area contributed by atoms with Crippen molar-refractivity contribution in [2.24, 2.45) is 0 Å². The SMILES string of the molecule is COc1cc(C(=O)NC(C)(C)C)c(N(Cc2ccc(Cl)cc2)S(C)(=O)=O)cc1OC. The van der Waals surface area contributed by atoms with Crippen LogP contribution in [0.2, 0.25) is 5.02 Å². The summed E-state index contributed by atoms with van der Waals surface area (Å²) in [4.78, 5) is 13.0. The number of ether oxygens (including phenoxy) is 2. The number of halogens is 1. The fourth-order valence-electron chi connectivity index (χ4n) is 2.80. The Kier molecular flexibility index (Phi) is 7.26. The molecule has 0 bridgehead atoms. The second kappa shape index (κ2) is 9.14. The highest BCUT2D eigenvalue weighted by molar-refractivity contribution is 7.92. The Morgan fingerprint density at radius 2 is 1.60 bits per heavy atom. The zero-order valence-electron chi connectivity index (χ0n) is 17.9. The number of carbonyl (C=O) groups excluding carboxylic acids is 1. The molecule has 0 radical (unpaired) electrons. The molecule has 164 valence electrons. The minimum atomic E-state index is -3.75. The number of hydrogen-bond donors (Lipinski definition) is 1. The summed E-state index contributed by atoms with van der Waals surface area (Å²) in [5, 5.41) is 3.41. The van der Waals surface area contributed by atoms with E-state index in [0.717, 1.165) is 10.6 Å². The van der Waals surface area contributed by atoms with Crippen molar-refractivity contribution >= 4 is 33.2 Å². The van der Waals surface area contributed by atoms with Crippen LogP contribution in [0.5, 0.6) is 11.5 Å². The molecule has 0 aliphatic carbocycles. The molecule has 2 aromatic rings. The summed E-state index contributed by atoms with van der Waals surface area (Å²) >= 11 is 5.94. The molecule has 1 N–H and O–H groups in total. The molecule has 2 aromatic carbocycles. The fourth-order valence-corrected chi connectivity index (χ4v) is 3.82. The van der Waals surface area contributed by atoms with Gasteiger partial charge in [-0.05, 0) is 44.5 Å². The second-order valence-corrected chi connectivity index (χ2v) is 10.2. The highest BCUT2D eigenvalue weighted by Crippen LogP contribution is 2.37. The normalized spacial score (nSPS) is 11.7. The van der Waals surface area contributed by atoms with Crippen LogP contribution in [-0.4, -0.2) is 40.3 Å². The van der Waals surface area contributed by atoms with Gasteiger partial charge in [-0.3, -0.25) is 9.10 Å². The van der Waals surface area contributed by atoms with Gasteiger partial charge >= 0.3 is 0 Å². The van der Waals surface area contributed by atoms with Crippen molar-refractivity contribution in [3.05, 3.63) is 52.5 Å². The summed E-state index contributed by atoms with van der Waals surface area (Å²) in [5.74, 6) is 0.202. The number of nitrogens with one attached hydrogen (secondary N) is 1. The molecular formula is C21H27ClN2O5S. The van der Waals surface area contributed by atoms with E-state index in [2.05, 4.69) is 5.32 Å². The molecular weight excluding hydrogens is 428 g/mol. The van der Waals surface area contributed by atoms with Gasteiger partial charge in [0.25, 0.3) is 5.91 Å². The lowest BCUT2D eigenvalue weighted by Crippen LogP contribution is -2.41. The first-order chi connectivity index (χ1) is 13.9. The Morgan fingerprint density at radius 1 is 1.07 bits per heavy atom. The van der Waals surface area contributed by atoms with Crippen LogP contribution >= 0.6 is 11.6 Å². The van der Waals surface area contributed by atoms with Gasteiger partial charge in [0.2, 0.25) is 10.0 Å². The maximum Gasteiger partial charge on any atom is 0.253 e. The van der Waals surface area contributed by atoms with Crippen LogP contribution in [0.1, 0.15) is 36.7 Å². The van der Waals surface area contributed by atoms with E-state index in [-0.39, 0.29) is 17.8 Å². The lowest BCUT2D eigenvalue weighted by Gasteiger charge is -2.27. The third-order valence-electron chi connectivity index (χ3n) is 4.14. The predicted octanol–water partition coefficient (Wildman–Crippen LogP) is 3.85. The Bertz CT molecular complexity index is 1010. The molecule has 0 heterocycles. The van der Waals surface area contributed by atoms with E-state index in [9.17, 15) is 13.2 Å². The lowest BCUT2D eigenvalue weighted by molar-refractivity contribution is 0.0920. The van der Waals surface area contributed by atoms with Gasteiger partial charge in [-0.15, -0.1) is 0 Å². The van der Waals surface area contributed by atoms with Crippen molar-refractivity contribution in [1.82, 2.24) is 5.32 Å². The van der Waals surface area contributed by atoms with Crippen LogP contribution in [0.3, 0.4) is 0 Å². The summed E-state index contributed by atoms with van der Waals surface area (Å²) in [6.45, 7) is 5.54. The van der Waals surface area contributed by atoms with Crippen molar-refractivity contribution in [2.75, 3.05) is 24.8 Å². The van der Waals surface area contributed by atoms with Crippen molar-refractivity contribution < 1.29 is 22.7 Å². The van der Waals surface area contributed by atoms with E-state index in [1.165, 1.54) is 26.4 Å². The van der Waals surface area contributed by atoms with Crippen molar-refractivity contribution in [3.63, 3.8) is 0 Å². The Labute approximate surface area is 183 Å². The zero-order chi connectivity index (χ0) is 22.7. The molecule has 1 amide bonds. The molecule has 7 nitrogen and oxygen atoms in total. The summed E-state index contributed by atoms with van der Waals surface area (Å²) in [5.41, 5.74) is 0.531. The number of rotatable bonds is 7. The van der Waals surface area contributed by atoms with Gasteiger partial charge < -0.3 is 14.8 Å². The topological polar surface area (TPSA) is 84.9 Å². The highest BCUT2D eigenvalue weighted by Gasteiger charge is 2.28. The quantitative estimate of drug-likeness (QED) is 0.686. The average molecular weight is 455 g/mol. The molecule has 0 aromatic heterocycles. The predicted molar refractivity (Wildman–Crippen MR) is 119 cm³/mol. The molecule has 0 saturated carbocycles. The van der Waals surface area contributed by atoms with Crippen molar-refractivity contribution in [3.8, 4) is 11.5 Å². The molecule has 0 fully saturated rings. The number of amides is 1. The number of anilines is 1. The first-order valence-corrected chi connectivity index (χ1v) is 11.4. The summed E-state index contributed by atoms with van der Waals surface area (Å²) in [6, 6.07) is 9.80. The van der Waals surface area contributed by atoms with Crippen LogP contribution in [0.4, 0.5) is 5.69 Å². The number of sulfonamides is 1. The third-order valence-corrected chi connectivity index (χ3v) is 5.52. The van der Waals surface area contributed by atoms with E-state index in [0.29, 0.717) is 22.1 Å². The molecule has 30 heavy (non-hydrogen) atoms. The highest BCUT2D eigenvalue weighted by atomic mass is 35.5. The van der Waals surface area contributed by atoms with E-state index < -0.39 is 21.5 Å². The van der Waals surface area contributed by atoms with Gasteiger partial charge in [-0.2, -0.15) is 0 Å². The lowest BCUT2D eigenvalue weighted by atomic mass is 10.1. The van der Waals surface area contributed by atoms with Gasteiger partial charge in [-0.25, -0.2) is 8.42 Å². The Balaban J connectivity index is 2.68. The monoisotopic (exact) mass is 454 g/mol. The summed E-state index contributed by atoms with van der Waals surface area (Å²) in [6.07, 6.45) is 1.09. The number of methoxy groups -OCH3 is 2. The van der Waals surface area contributed by atoms with E-state index in [4.69, 9.17) is 21.1 Å². The maximum absolute atomic E-state index is 13.0. The minimum Gasteiger partial charge on any atom is -0.493 e. The molecule has 9 heteroatoms. The van der Waals surface area contributed by atoms with E-state index >= 15 is 0 Å². The van der Waals surface area contributed by atoms with Gasteiger partial charge in [0.15, 0.2) is 11.5 Å². The van der Waals surface area contributed by atoms with Crippen LogP contribution < -0.4 is 19.1 Å². The van der Waals surface area contributed by atoms with Crippen LogP contribution in [0.25, 0.3) is 0 Å². The molecule has 0 unspecified atom stereocenters. The van der Waals surface area contributed by atoms with Crippen molar-refractivity contribution in [1.29, 1.82) is 0 Å². The van der Waals surface area contributed by atoms with E-state index in [1.807, 2.05) is 20.8 Å². The second-order valence-electron chi connectivity index (χ2n) is 7.82. The number of carbonyl (C=O) groups is 1.